The van der Waals surface area contributed by atoms with E-state index in [9.17, 15) is 4.79 Å². The third-order valence-corrected chi connectivity index (χ3v) is 4.71. The molecule has 0 unspecified atom stereocenters. The van der Waals surface area contributed by atoms with E-state index in [1.165, 1.54) is 22.3 Å². The lowest BCUT2D eigenvalue weighted by Gasteiger charge is -2.22. The summed E-state index contributed by atoms with van der Waals surface area (Å²) >= 11 is 0. The Morgan fingerprint density at radius 1 is 0.880 bits per heavy atom. The second kappa shape index (κ2) is 7.73. The number of carbonyl (C=O) groups is 1. The largest absolute Gasteiger partial charge is 0.481 e. The van der Waals surface area contributed by atoms with E-state index in [2.05, 4.69) is 44.3 Å². The van der Waals surface area contributed by atoms with Crippen LogP contribution in [0.4, 0.5) is 0 Å². The van der Waals surface area contributed by atoms with E-state index in [-0.39, 0.29) is 11.9 Å². The SMILES string of the molecule is Cc1ccc(O[C@H](C)C(=O)N[C@@H](C)c2cc(C)c(C)cc2C)c(C)c1. The lowest BCUT2D eigenvalue weighted by Crippen LogP contribution is -2.38. The summed E-state index contributed by atoms with van der Waals surface area (Å²) in [5.41, 5.74) is 7.07. The van der Waals surface area contributed by atoms with Crippen LogP contribution in [0, 0.1) is 34.6 Å². The van der Waals surface area contributed by atoms with Gasteiger partial charge >= 0.3 is 0 Å². The van der Waals surface area contributed by atoms with Gasteiger partial charge in [-0.05, 0) is 82.3 Å². The topological polar surface area (TPSA) is 38.3 Å². The maximum Gasteiger partial charge on any atom is 0.261 e. The Morgan fingerprint density at radius 2 is 1.52 bits per heavy atom. The minimum atomic E-state index is -0.546. The van der Waals surface area contributed by atoms with Crippen LogP contribution in [0.25, 0.3) is 0 Å². The molecule has 3 heteroatoms. The lowest BCUT2D eigenvalue weighted by atomic mass is 9.96. The summed E-state index contributed by atoms with van der Waals surface area (Å²) in [6.45, 7) is 14.1. The fraction of sp³-hybridized carbons (Fsp3) is 0.409. The quantitative estimate of drug-likeness (QED) is 0.843. The van der Waals surface area contributed by atoms with E-state index >= 15 is 0 Å². The van der Waals surface area contributed by atoms with Crippen LogP contribution in [0.1, 0.15) is 53.3 Å². The summed E-state index contributed by atoms with van der Waals surface area (Å²) in [6, 6.07) is 10.2. The van der Waals surface area contributed by atoms with Crippen molar-refractivity contribution in [2.45, 2.75) is 60.6 Å². The molecule has 0 aliphatic carbocycles. The van der Waals surface area contributed by atoms with Gasteiger partial charge in [0.1, 0.15) is 5.75 Å². The monoisotopic (exact) mass is 339 g/mol. The summed E-state index contributed by atoms with van der Waals surface area (Å²) in [6.07, 6.45) is -0.546. The zero-order valence-corrected chi connectivity index (χ0v) is 16.4. The molecule has 1 amide bonds. The third-order valence-electron chi connectivity index (χ3n) is 4.71. The molecule has 0 bridgehead atoms. The predicted molar refractivity (Wildman–Crippen MR) is 103 cm³/mol. The minimum absolute atomic E-state index is 0.0584. The highest BCUT2D eigenvalue weighted by molar-refractivity contribution is 5.81. The highest BCUT2D eigenvalue weighted by atomic mass is 16.5. The molecule has 0 aliphatic rings. The van der Waals surface area contributed by atoms with Gasteiger partial charge in [-0.3, -0.25) is 4.79 Å². The maximum atomic E-state index is 12.5. The predicted octanol–water partition coefficient (Wildman–Crippen LogP) is 4.87. The second-order valence-electron chi connectivity index (χ2n) is 7.05. The Balaban J connectivity index is 2.06. The van der Waals surface area contributed by atoms with Crippen molar-refractivity contribution in [3.63, 3.8) is 0 Å². The molecule has 3 nitrogen and oxygen atoms in total. The van der Waals surface area contributed by atoms with Crippen molar-refractivity contribution >= 4 is 5.91 Å². The minimum Gasteiger partial charge on any atom is -0.481 e. The molecule has 0 fully saturated rings. The molecule has 2 aromatic carbocycles. The number of ether oxygens (including phenoxy) is 1. The smallest absolute Gasteiger partial charge is 0.261 e. The molecule has 2 aromatic rings. The van der Waals surface area contributed by atoms with E-state index < -0.39 is 6.10 Å². The van der Waals surface area contributed by atoms with Crippen LogP contribution >= 0.6 is 0 Å². The molecule has 0 heterocycles. The van der Waals surface area contributed by atoms with E-state index in [1.807, 2.05) is 32.9 Å². The first-order valence-corrected chi connectivity index (χ1v) is 8.81. The first-order valence-electron chi connectivity index (χ1n) is 8.81. The van der Waals surface area contributed by atoms with Gasteiger partial charge in [0.15, 0.2) is 6.10 Å². The molecule has 0 spiro atoms. The van der Waals surface area contributed by atoms with Crippen LogP contribution < -0.4 is 10.1 Å². The number of rotatable bonds is 5. The second-order valence-corrected chi connectivity index (χ2v) is 7.05. The molecular formula is C22H29NO2. The standard InChI is InChI=1S/C22H29NO2/c1-13-8-9-21(17(5)10-13)25-19(7)22(24)23-18(6)20-12-15(3)14(2)11-16(20)4/h8-12,18-19H,1-7H3,(H,23,24)/t18-,19+/m0/s1. The number of nitrogens with one attached hydrogen (secondary N) is 1. The van der Waals surface area contributed by atoms with E-state index in [0.717, 1.165) is 16.9 Å². The molecule has 0 aliphatic heterocycles. The Kier molecular flexibility index (Phi) is 5.89. The van der Waals surface area contributed by atoms with Crippen LogP contribution in [-0.4, -0.2) is 12.0 Å². The van der Waals surface area contributed by atoms with Crippen molar-refractivity contribution in [1.82, 2.24) is 5.32 Å². The highest BCUT2D eigenvalue weighted by Gasteiger charge is 2.19. The number of carbonyl (C=O) groups excluding carboxylic acids is 1. The fourth-order valence-corrected chi connectivity index (χ4v) is 3.03. The van der Waals surface area contributed by atoms with Crippen LogP contribution in [0.5, 0.6) is 5.75 Å². The number of benzene rings is 2. The normalized spacial score (nSPS) is 13.2. The molecule has 2 rings (SSSR count). The summed E-state index contributed by atoms with van der Waals surface area (Å²) in [5, 5.41) is 3.07. The van der Waals surface area contributed by atoms with Crippen molar-refractivity contribution in [2.24, 2.45) is 0 Å². The van der Waals surface area contributed by atoms with Gasteiger partial charge in [-0.15, -0.1) is 0 Å². The van der Waals surface area contributed by atoms with Crippen LogP contribution in [0.2, 0.25) is 0 Å². The van der Waals surface area contributed by atoms with Crippen molar-refractivity contribution in [3.8, 4) is 5.75 Å². The number of hydrogen-bond acceptors (Lipinski definition) is 2. The maximum absolute atomic E-state index is 12.5. The average molecular weight is 339 g/mol. The van der Waals surface area contributed by atoms with E-state index in [0.29, 0.717) is 0 Å². The summed E-state index contributed by atoms with van der Waals surface area (Å²) in [7, 11) is 0. The van der Waals surface area contributed by atoms with Crippen molar-refractivity contribution < 1.29 is 9.53 Å². The highest BCUT2D eigenvalue weighted by Crippen LogP contribution is 2.23. The van der Waals surface area contributed by atoms with Gasteiger partial charge < -0.3 is 10.1 Å². The van der Waals surface area contributed by atoms with Crippen LogP contribution in [0.3, 0.4) is 0 Å². The van der Waals surface area contributed by atoms with Gasteiger partial charge in [0.25, 0.3) is 5.91 Å². The van der Waals surface area contributed by atoms with Gasteiger partial charge in [0.05, 0.1) is 6.04 Å². The zero-order chi connectivity index (χ0) is 18.7. The van der Waals surface area contributed by atoms with Crippen LogP contribution in [-0.2, 0) is 4.79 Å². The Labute approximate surface area is 151 Å². The summed E-state index contributed by atoms with van der Waals surface area (Å²) < 4.78 is 5.86. The summed E-state index contributed by atoms with van der Waals surface area (Å²) in [4.78, 5) is 12.5. The van der Waals surface area contributed by atoms with E-state index in [4.69, 9.17) is 4.74 Å². The van der Waals surface area contributed by atoms with Crippen molar-refractivity contribution in [2.75, 3.05) is 0 Å². The Hall–Kier alpha value is -2.29. The van der Waals surface area contributed by atoms with Crippen LogP contribution in [0.15, 0.2) is 30.3 Å². The average Bonchev–Trinajstić information content (AvgIpc) is 2.53. The fourth-order valence-electron chi connectivity index (χ4n) is 3.03. The molecule has 25 heavy (non-hydrogen) atoms. The molecule has 0 aromatic heterocycles. The molecule has 1 N–H and O–H groups in total. The molecular weight excluding hydrogens is 310 g/mol. The van der Waals surface area contributed by atoms with Gasteiger partial charge in [0.2, 0.25) is 0 Å². The number of aryl methyl sites for hydroxylation is 5. The molecule has 0 saturated heterocycles. The van der Waals surface area contributed by atoms with Gasteiger partial charge in [-0.25, -0.2) is 0 Å². The molecule has 0 radical (unpaired) electrons. The Bertz CT molecular complexity index is 780. The van der Waals surface area contributed by atoms with Gasteiger partial charge in [-0.2, -0.15) is 0 Å². The van der Waals surface area contributed by atoms with E-state index in [1.54, 1.807) is 6.92 Å². The molecule has 134 valence electrons. The van der Waals surface area contributed by atoms with Crippen molar-refractivity contribution in [1.29, 1.82) is 0 Å². The number of amides is 1. The zero-order valence-electron chi connectivity index (χ0n) is 16.4. The molecule has 0 saturated carbocycles. The van der Waals surface area contributed by atoms with Gasteiger partial charge in [-0.1, -0.05) is 29.8 Å². The third kappa shape index (κ3) is 4.62. The van der Waals surface area contributed by atoms with Crippen molar-refractivity contribution in [3.05, 3.63) is 63.7 Å². The Morgan fingerprint density at radius 3 is 2.16 bits per heavy atom. The summed E-state index contributed by atoms with van der Waals surface area (Å²) in [5.74, 6) is 0.647. The number of hydrogen-bond donors (Lipinski definition) is 1. The molecule has 2 atom stereocenters. The van der Waals surface area contributed by atoms with Gasteiger partial charge in [0, 0.05) is 0 Å². The first-order chi connectivity index (χ1) is 11.7. The first kappa shape index (κ1) is 19.0. The lowest BCUT2D eigenvalue weighted by molar-refractivity contribution is -0.127.